The molecular weight excluding hydrogens is 514 g/mol. The Morgan fingerprint density at radius 2 is 1.92 bits per heavy atom. The molecule has 1 saturated carbocycles. The van der Waals surface area contributed by atoms with E-state index >= 15 is 0 Å². The summed E-state index contributed by atoms with van der Waals surface area (Å²) < 4.78 is 41.7. The molecule has 0 aliphatic heterocycles. The maximum atomic E-state index is 13.2. The molecule has 1 fully saturated rings. The van der Waals surface area contributed by atoms with Crippen LogP contribution >= 0.6 is 0 Å². The van der Waals surface area contributed by atoms with Crippen molar-refractivity contribution in [2.45, 2.75) is 57.0 Å². The molecule has 1 aliphatic rings. The number of benzene rings is 2. The molecule has 1 unspecified atom stereocenters. The number of rotatable bonds is 11. The molecule has 1 atom stereocenters. The minimum atomic E-state index is -4.20. The molecule has 1 aliphatic carbocycles. The number of aromatic nitrogens is 2. The van der Waals surface area contributed by atoms with Gasteiger partial charge in [-0.1, -0.05) is 6.92 Å². The van der Waals surface area contributed by atoms with Gasteiger partial charge in [-0.3, -0.25) is 14.9 Å². The van der Waals surface area contributed by atoms with Crippen molar-refractivity contribution in [1.29, 1.82) is 0 Å². The molecular formula is C25H29N5O7S. The Labute approximate surface area is 220 Å². The van der Waals surface area contributed by atoms with Crippen LogP contribution in [-0.4, -0.2) is 48.2 Å². The van der Waals surface area contributed by atoms with Gasteiger partial charge in [-0.15, -0.1) is 0 Å². The monoisotopic (exact) mass is 543 g/mol. The second-order valence-electron chi connectivity index (χ2n) is 9.06. The van der Waals surface area contributed by atoms with Gasteiger partial charge in [0, 0.05) is 29.8 Å². The van der Waals surface area contributed by atoms with Crippen LogP contribution in [0.25, 0.3) is 5.69 Å². The highest BCUT2D eigenvalue weighted by atomic mass is 32.2. The van der Waals surface area contributed by atoms with E-state index in [9.17, 15) is 23.3 Å². The fourth-order valence-corrected chi connectivity index (χ4v) is 5.09. The number of carbonyl (C=O) groups excluding carboxylic acids is 1. The van der Waals surface area contributed by atoms with Crippen LogP contribution < -0.4 is 19.5 Å². The van der Waals surface area contributed by atoms with Crippen molar-refractivity contribution in [3.8, 4) is 23.1 Å². The number of nitrogens with zero attached hydrogens (tertiary/aromatic N) is 3. The van der Waals surface area contributed by atoms with Crippen LogP contribution in [0.1, 0.15) is 49.2 Å². The predicted octanol–water partition coefficient (Wildman–Crippen LogP) is 3.86. The van der Waals surface area contributed by atoms with Crippen LogP contribution in [-0.2, 0) is 10.0 Å². The second kappa shape index (κ2) is 10.8. The molecule has 0 bridgehead atoms. The van der Waals surface area contributed by atoms with E-state index in [1.807, 2.05) is 6.92 Å². The number of nitrogens with one attached hydrogen (secondary N) is 2. The summed E-state index contributed by atoms with van der Waals surface area (Å²) in [7, 11) is -2.67. The van der Waals surface area contributed by atoms with Gasteiger partial charge >= 0.3 is 0 Å². The molecule has 13 heteroatoms. The highest BCUT2D eigenvalue weighted by molar-refractivity contribution is 7.89. The third-order valence-electron chi connectivity index (χ3n) is 6.12. The van der Waals surface area contributed by atoms with E-state index in [0.717, 1.165) is 25.0 Å². The van der Waals surface area contributed by atoms with E-state index in [1.165, 1.54) is 17.9 Å². The fraction of sp³-hybridized carbons (Fsp3) is 0.360. The average molecular weight is 544 g/mol. The fourth-order valence-electron chi connectivity index (χ4n) is 3.62. The minimum absolute atomic E-state index is 0.0879. The summed E-state index contributed by atoms with van der Waals surface area (Å²) in [6, 6.07) is 9.82. The zero-order chi connectivity index (χ0) is 27.6. The average Bonchev–Trinajstić information content (AvgIpc) is 3.65. The topological polar surface area (TPSA) is 155 Å². The first-order chi connectivity index (χ1) is 18.0. The summed E-state index contributed by atoms with van der Waals surface area (Å²) in [6.45, 7) is 5.13. The molecule has 3 aromatic rings. The molecule has 38 heavy (non-hydrogen) atoms. The molecule has 4 rings (SSSR count). The molecule has 1 amide bonds. The highest BCUT2D eigenvalue weighted by Gasteiger charge is 2.30. The lowest BCUT2D eigenvalue weighted by Gasteiger charge is -2.16. The smallest absolute Gasteiger partial charge is 0.272 e. The third kappa shape index (κ3) is 5.78. The van der Waals surface area contributed by atoms with Crippen LogP contribution in [0.5, 0.6) is 17.4 Å². The molecule has 2 N–H and O–H groups in total. The first kappa shape index (κ1) is 27.1. The minimum Gasteiger partial charge on any atom is -0.497 e. The number of non-ortho nitro benzene ring substituents is 1. The van der Waals surface area contributed by atoms with Crippen molar-refractivity contribution in [1.82, 2.24) is 19.8 Å². The highest BCUT2D eigenvalue weighted by Crippen LogP contribution is 2.36. The maximum absolute atomic E-state index is 13.2. The van der Waals surface area contributed by atoms with Crippen LogP contribution in [0.3, 0.4) is 0 Å². The van der Waals surface area contributed by atoms with E-state index in [0.29, 0.717) is 23.4 Å². The quantitative estimate of drug-likeness (QED) is 0.273. The Hall–Kier alpha value is -3.97. The van der Waals surface area contributed by atoms with Crippen LogP contribution in [0.4, 0.5) is 5.69 Å². The van der Waals surface area contributed by atoms with Crippen LogP contribution in [0.15, 0.2) is 47.4 Å². The Bertz CT molecular complexity index is 1460. The van der Waals surface area contributed by atoms with E-state index in [4.69, 9.17) is 9.47 Å². The van der Waals surface area contributed by atoms with Gasteiger partial charge in [0.2, 0.25) is 15.9 Å². The number of hydrogen-bond donors (Lipinski definition) is 2. The number of ether oxygens (including phenoxy) is 2. The SMILES string of the molecule is CCC(C)NS(=O)(=O)c1cc([N+](=O)[O-])ccc1Oc1c(C)c(C(=O)NC2CC2)nn1-c1ccc(OC)cc1. The lowest BCUT2D eigenvalue weighted by Crippen LogP contribution is -2.32. The van der Waals surface area contributed by atoms with Crippen molar-refractivity contribution < 1.29 is 27.6 Å². The number of nitro groups is 1. The summed E-state index contributed by atoms with van der Waals surface area (Å²) in [5, 5.41) is 18.8. The Kier molecular flexibility index (Phi) is 7.69. The summed E-state index contributed by atoms with van der Waals surface area (Å²) in [6.07, 6.45) is 2.29. The van der Waals surface area contributed by atoms with Gasteiger partial charge in [0.25, 0.3) is 11.6 Å². The van der Waals surface area contributed by atoms with E-state index in [1.54, 1.807) is 38.1 Å². The van der Waals surface area contributed by atoms with Gasteiger partial charge in [-0.2, -0.15) is 9.78 Å². The number of sulfonamides is 1. The molecule has 0 spiro atoms. The van der Waals surface area contributed by atoms with E-state index < -0.39 is 31.6 Å². The Balaban J connectivity index is 1.84. The zero-order valence-electron chi connectivity index (χ0n) is 21.4. The summed E-state index contributed by atoms with van der Waals surface area (Å²) >= 11 is 0. The largest absolute Gasteiger partial charge is 0.497 e. The lowest BCUT2D eigenvalue weighted by atomic mass is 10.2. The number of amides is 1. The first-order valence-corrected chi connectivity index (χ1v) is 13.6. The molecule has 1 heterocycles. The molecule has 0 radical (unpaired) electrons. The standard InChI is InChI=1S/C25H29N5O7S/c1-5-15(2)28-38(34,35)22-14-19(30(32)33)10-13-21(22)37-25-16(3)23(24(31)26-17-6-7-17)27-29(25)18-8-11-20(36-4)12-9-18/h8-15,17,28H,5-7H2,1-4H3,(H,26,31). The van der Waals surface area contributed by atoms with Crippen LogP contribution in [0, 0.1) is 17.0 Å². The van der Waals surface area contributed by atoms with Crippen molar-refractivity contribution in [3.63, 3.8) is 0 Å². The Morgan fingerprint density at radius 1 is 1.24 bits per heavy atom. The van der Waals surface area contributed by atoms with Crippen molar-refractivity contribution in [2.75, 3.05) is 7.11 Å². The van der Waals surface area contributed by atoms with Gasteiger partial charge in [-0.05, 0) is 63.4 Å². The van der Waals surface area contributed by atoms with E-state index in [2.05, 4.69) is 15.1 Å². The number of methoxy groups -OCH3 is 1. The van der Waals surface area contributed by atoms with Crippen molar-refractivity contribution in [3.05, 3.63) is 63.8 Å². The lowest BCUT2D eigenvalue weighted by molar-refractivity contribution is -0.385. The number of carbonyl (C=O) groups is 1. The normalized spacial score (nSPS) is 14.1. The number of nitro benzene ring substituents is 1. The first-order valence-electron chi connectivity index (χ1n) is 12.1. The molecule has 0 saturated heterocycles. The maximum Gasteiger partial charge on any atom is 0.272 e. The second-order valence-corrected chi connectivity index (χ2v) is 10.7. The van der Waals surface area contributed by atoms with Crippen molar-refractivity contribution >= 4 is 21.6 Å². The van der Waals surface area contributed by atoms with Gasteiger partial charge in [0.15, 0.2) is 5.69 Å². The third-order valence-corrected chi connectivity index (χ3v) is 7.73. The predicted molar refractivity (Wildman–Crippen MR) is 139 cm³/mol. The molecule has 12 nitrogen and oxygen atoms in total. The zero-order valence-corrected chi connectivity index (χ0v) is 22.2. The Morgan fingerprint density at radius 3 is 2.50 bits per heavy atom. The summed E-state index contributed by atoms with van der Waals surface area (Å²) in [5.74, 6) is 0.159. The molecule has 2 aromatic carbocycles. The van der Waals surface area contributed by atoms with Crippen LogP contribution in [0.2, 0.25) is 0 Å². The van der Waals surface area contributed by atoms with E-state index in [-0.39, 0.29) is 29.3 Å². The number of hydrogen-bond acceptors (Lipinski definition) is 8. The van der Waals surface area contributed by atoms with Gasteiger partial charge < -0.3 is 14.8 Å². The van der Waals surface area contributed by atoms with Gasteiger partial charge in [0.1, 0.15) is 16.4 Å². The van der Waals surface area contributed by atoms with Gasteiger partial charge in [0.05, 0.1) is 17.7 Å². The summed E-state index contributed by atoms with van der Waals surface area (Å²) in [4.78, 5) is 23.3. The molecule has 1 aromatic heterocycles. The molecule has 202 valence electrons. The van der Waals surface area contributed by atoms with Crippen molar-refractivity contribution in [2.24, 2.45) is 0 Å². The van der Waals surface area contributed by atoms with Gasteiger partial charge in [-0.25, -0.2) is 13.1 Å². The summed E-state index contributed by atoms with van der Waals surface area (Å²) in [5.41, 5.74) is 0.604.